The molecule has 2 aromatic carbocycles. The van der Waals surface area contributed by atoms with Gasteiger partial charge in [-0.25, -0.2) is 14.8 Å². The van der Waals surface area contributed by atoms with Crippen LogP contribution >= 0.6 is 23.2 Å². The van der Waals surface area contributed by atoms with E-state index in [0.717, 1.165) is 47.7 Å². The number of aryl methyl sites for hydroxylation is 2. The van der Waals surface area contributed by atoms with E-state index >= 15 is 0 Å². The van der Waals surface area contributed by atoms with Gasteiger partial charge in [0.1, 0.15) is 24.2 Å². The fourth-order valence-electron chi connectivity index (χ4n) is 3.38. The first kappa shape index (κ1) is 38.1. The molecule has 4 rings (SSSR count). The summed E-state index contributed by atoms with van der Waals surface area (Å²) in [5.74, 6) is 0.211. The van der Waals surface area contributed by atoms with Crippen molar-refractivity contribution in [1.82, 2.24) is 9.97 Å². The SMILES string of the molecule is CCC(=Nc1c(C)ncnc1OC1(C)CC1)c1cc[c-]cc1Cl.CCc1cccc(Cl)c1.[CH2-]COCC(=O)OCC.[U+2]. The molecule has 0 N–H and O–H groups in total. The maximum atomic E-state index is 10.4. The van der Waals surface area contributed by atoms with E-state index in [1.54, 1.807) is 13.0 Å². The first-order valence-corrected chi connectivity index (χ1v) is 14.4. The second-order valence-electron chi connectivity index (χ2n) is 9.32. The maximum absolute atomic E-state index is 10.4. The number of hydrogen-bond acceptors (Lipinski definition) is 7. The number of nitrogens with zero attached hydrogens (tertiary/aromatic N) is 3. The molecule has 0 radical (unpaired) electrons. The van der Waals surface area contributed by atoms with E-state index in [1.165, 1.54) is 11.9 Å². The number of ether oxygens (including phenoxy) is 3. The Balaban J connectivity index is 0.000000384. The summed E-state index contributed by atoms with van der Waals surface area (Å²) < 4.78 is 15.3. The predicted molar refractivity (Wildman–Crippen MR) is 165 cm³/mol. The van der Waals surface area contributed by atoms with Gasteiger partial charge in [0.25, 0.3) is 0 Å². The molecule has 7 nitrogen and oxygen atoms in total. The first-order valence-electron chi connectivity index (χ1n) is 13.7. The molecule has 1 aliphatic carbocycles. The molecular weight excluding hydrogens is 799 g/mol. The number of esters is 1. The molecule has 1 saturated carbocycles. The van der Waals surface area contributed by atoms with Gasteiger partial charge in [0.05, 0.1) is 12.3 Å². The molecule has 0 amide bonds. The van der Waals surface area contributed by atoms with Gasteiger partial charge in [-0.1, -0.05) is 54.8 Å². The predicted octanol–water partition coefficient (Wildman–Crippen LogP) is 8.00. The van der Waals surface area contributed by atoms with Crippen LogP contribution in [0.3, 0.4) is 0 Å². The van der Waals surface area contributed by atoms with Crippen LogP contribution < -0.4 is 4.74 Å². The Morgan fingerprint density at radius 3 is 2.45 bits per heavy atom. The molecule has 10 heteroatoms. The minimum Gasteiger partial charge on any atom is -0.470 e. The van der Waals surface area contributed by atoms with Crippen molar-refractivity contribution in [2.75, 3.05) is 19.8 Å². The fourth-order valence-corrected chi connectivity index (χ4v) is 3.83. The van der Waals surface area contributed by atoms with E-state index in [4.69, 9.17) is 32.9 Å². The van der Waals surface area contributed by atoms with E-state index in [0.29, 0.717) is 29.8 Å². The van der Waals surface area contributed by atoms with Gasteiger partial charge in [-0.3, -0.25) is 0 Å². The van der Waals surface area contributed by atoms with Crippen molar-refractivity contribution in [1.29, 1.82) is 0 Å². The molecule has 42 heavy (non-hydrogen) atoms. The van der Waals surface area contributed by atoms with Crippen LogP contribution in [0.1, 0.15) is 63.8 Å². The second-order valence-corrected chi connectivity index (χ2v) is 10.2. The quantitative estimate of drug-likeness (QED) is 0.117. The van der Waals surface area contributed by atoms with Crippen molar-refractivity contribution in [3.8, 4) is 5.88 Å². The molecular formula is C32H39Cl2N3O4U. The van der Waals surface area contributed by atoms with E-state index in [-0.39, 0.29) is 49.3 Å². The van der Waals surface area contributed by atoms with Gasteiger partial charge in [0.2, 0.25) is 5.88 Å². The van der Waals surface area contributed by atoms with Crippen LogP contribution in [0.5, 0.6) is 5.88 Å². The largest absolute Gasteiger partial charge is 2.00 e. The summed E-state index contributed by atoms with van der Waals surface area (Å²) in [5, 5.41) is 1.47. The number of rotatable bonds is 10. The summed E-state index contributed by atoms with van der Waals surface area (Å²) in [6.07, 6.45) is 5.40. The molecule has 1 heterocycles. The van der Waals surface area contributed by atoms with Gasteiger partial charge < -0.3 is 21.1 Å². The van der Waals surface area contributed by atoms with Crippen LogP contribution in [0, 0.1) is 51.0 Å². The summed E-state index contributed by atoms with van der Waals surface area (Å²) in [6.45, 7) is 14.0. The van der Waals surface area contributed by atoms with Crippen molar-refractivity contribution in [2.45, 2.75) is 65.9 Å². The normalized spacial score (nSPS) is 12.9. The van der Waals surface area contributed by atoms with Crippen LogP contribution in [-0.2, 0) is 20.7 Å². The number of hydrogen-bond donors (Lipinski definition) is 0. The Labute approximate surface area is 284 Å². The molecule has 3 aromatic rings. The molecule has 0 atom stereocenters. The van der Waals surface area contributed by atoms with Crippen molar-refractivity contribution >= 4 is 40.6 Å². The van der Waals surface area contributed by atoms with E-state index < -0.39 is 0 Å². The standard InChI is InChI=1S/C18H19ClN3O.C8H9Cl.C6H11O3.U/c1-4-15(13-7-5-6-8-14(13)19)22-16-12(2)20-11-21-17(16)23-18(3)9-10-18;1-2-7-4-3-5-8(9)6-7;1-3-8-5-6(7)9-4-2;/h5,7-8,11H,4,9-10H2,1-3H3;3-6H,2H2,1H3;1,3-5H2,2H3;/q-1;;-1;+2. The smallest absolute Gasteiger partial charge is 0.470 e. The zero-order valence-electron chi connectivity index (χ0n) is 25.0. The Morgan fingerprint density at radius 2 is 1.90 bits per heavy atom. The summed E-state index contributed by atoms with van der Waals surface area (Å²) in [6, 6.07) is 16.4. The van der Waals surface area contributed by atoms with E-state index in [9.17, 15) is 4.79 Å². The summed E-state index contributed by atoms with van der Waals surface area (Å²) in [4.78, 5) is 23.8. The minimum atomic E-state index is -0.332. The van der Waals surface area contributed by atoms with E-state index in [1.807, 2.05) is 44.2 Å². The third-order valence-electron chi connectivity index (χ3n) is 5.94. The Bertz CT molecular complexity index is 1290. The van der Waals surface area contributed by atoms with Crippen molar-refractivity contribution in [2.24, 2.45) is 4.99 Å². The van der Waals surface area contributed by atoms with Gasteiger partial charge in [-0.15, -0.1) is 0 Å². The van der Waals surface area contributed by atoms with Gasteiger partial charge in [0.15, 0.2) is 0 Å². The number of aromatic nitrogens is 2. The fraction of sp³-hybridized carbons (Fsp3) is 0.406. The Hall–Kier alpha value is -1.95. The van der Waals surface area contributed by atoms with Crippen LogP contribution in [0.2, 0.25) is 10.0 Å². The number of carbonyl (C=O) groups excluding carboxylic acids is 1. The molecule has 1 fully saturated rings. The maximum Gasteiger partial charge on any atom is 2.00 e. The number of aliphatic imine (C=N–C) groups is 1. The Morgan fingerprint density at radius 1 is 1.17 bits per heavy atom. The average Bonchev–Trinajstić information content (AvgIpc) is 3.69. The van der Waals surface area contributed by atoms with E-state index in [2.05, 4.69) is 52.3 Å². The molecule has 224 valence electrons. The molecule has 1 aromatic heterocycles. The van der Waals surface area contributed by atoms with Gasteiger partial charge >= 0.3 is 37.1 Å². The second kappa shape index (κ2) is 20.1. The summed E-state index contributed by atoms with van der Waals surface area (Å²) >= 11 is 12.0. The minimum absolute atomic E-state index is 0. The zero-order chi connectivity index (χ0) is 30.3. The van der Waals surface area contributed by atoms with Crippen LogP contribution in [0.15, 0.2) is 53.8 Å². The van der Waals surface area contributed by atoms with Gasteiger partial charge in [0, 0.05) is 10.7 Å². The molecule has 0 spiro atoms. The average molecular weight is 839 g/mol. The molecule has 0 bridgehead atoms. The first-order chi connectivity index (χ1) is 19.7. The summed E-state index contributed by atoms with van der Waals surface area (Å²) in [7, 11) is 0. The molecule has 1 aliphatic rings. The topological polar surface area (TPSA) is 82.9 Å². The van der Waals surface area contributed by atoms with Gasteiger partial charge in [-0.05, 0) is 64.2 Å². The third-order valence-corrected chi connectivity index (χ3v) is 6.49. The van der Waals surface area contributed by atoms with Crippen molar-refractivity contribution in [3.63, 3.8) is 0 Å². The number of halogens is 2. The zero-order valence-corrected chi connectivity index (χ0v) is 30.7. The van der Waals surface area contributed by atoms with Crippen LogP contribution in [0.25, 0.3) is 0 Å². The molecule has 0 aliphatic heterocycles. The Kier molecular flexibility index (Phi) is 18.2. The molecule has 0 saturated heterocycles. The van der Waals surface area contributed by atoms with Gasteiger partial charge in [-0.2, -0.15) is 40.9 Å². The monoisotopic (exact) mass is 837 g/mol. The third kappa shape index (κ3) is 13.6. The number of carbonyl (C=O) groups is 1. The summed E-state index contributed by atoms with van der Waals surface area (Å²) in [5.41, 5.74) is 4.44. The van der Waals surface area contributed by atoms with Crippen molar-refractivity contribution in [3.05, 3.63) is 88.6 Å². The molecule has 0 unspecified atom stereocenters. The van der Waals surface area contributed by atoms with Crippen molar-refractivity contribution < 1.29 is 50.1 Å². The van der Waals surface area contributed by atoms with Crippen LogP contribution in [-0.4, -0.2) is 47.1 Å². The van der Waals surface area contributed by atoms with Crippen LogP contribution in [0.4, 0.5) is 5.69 Å². The number of benzene rings is 2.